The highest BCUT2D eigenvalue weighted by molar-refractivity contribution is 7.14. The summed E-state index contributed by atoms with van der Waals surface area (Å²) in [4.78, 5) is 2.66. The molecule has 30 heavy (non-hydrogen) atoms. The molecule has 146 valence electrons. The van der Waals surface area contributed by atoms with Gasteiger partial charge in [-0.2, -0.15) is 0 Å². The van der Waals surface area contributed by atoms with Crippen LogP contribution in [0.15, 0.2) is 95.7 Å². The second kappa shape index (κ2) is 8.06. The van der Waals surface area contributed by atoms with Gasteiger partial charge in [0.15, 0.2) is 0 Å². The standard InChI is InChI=1S/C28H22S2/c1-19-3-7-21(8-4-19)25-15-17-29-27(25)23-11-13-24(14-12-23)28-26(16-18-30-28)22-9-5-20(2)6-10-22/h3-18H,1-2H3. The number of hydrogen-bond acceptors (Lipinski definition) is 2. The summed E-state index contributed by atoms with van der Waals surface area (Å²) >= 11 is 3.62. The minimum absolute atomic E-state index is 1.28. The van der Waals surface area contributed by atoms with Crippen molar-refractivity contribution in [2.24, 2.45) is 0 Å². The Morgan fingerprint density at radius 3 is 1.10 bits per heavy atom. The minimum atomic E-state index is 1.28. The van der Waals surface area contributed by atoms with Gasteiger partial charge in [-0.1, -0.05) is 83.9 Å². The zero-order valence-corrected chi connectivity index (χ0v) is 18.7. The van der Waals surface area contributed by atoms with Crippen molar-refractivity contribution in [2.75, 3.05) is 0 Å². The molecule has 2 aromatic heterocycles. The molecule has 0 saturated carbocycles. The Hall–Kier alpha value is -2.94. The zero-order valence-electron chi connectivity index (χ0n) is 17.1. The summed E-state index contributed by atoms with van der Waals surface area (Å²) in [6, 6.07) is 31.1. The van der Waals surface area contributed by atoms with Crippen molar-refractivity contribution >= 4 is 22.7 Å². The predicted molar refractivity (Wildman–Crippen MR) is 133 cm³/mol. The van der Waals surface area contributed by atoms with Crippen molar-refractivity contribution in [3.05, 3.63) is 107 Å². The molecule has 0 amide bonds. The lowest BCUT2D eigenvalue weighted by atomic mass is 9.99. The second-order valence-corrected chi connectivity index (χ2v) is 9.47. The lowest BCUT2D eigenvalue weighted by molar-refractivity contribution is 1.47. The highest BCUT2D eigenvalue weighted by Crippen LogP contribution is 2.40. The molecule has 0 radical (unpaired) electrons. The van der Waals surface area contributed by atoms with Crippen LogP contribution in [0.2, 0.25) is 0 Å². The molecule has 2 heterocycles. The molecule has 0 atom stereocenters. The Bertz CT molecular complexity index is 1170. The minimum Gasteiger partial charge on any atom is -0.143 e. The first kappa shape index (κ1) is 19.0. The average molecular weight is 423 g/mol. The smallest absolute Gasteiger partial charge is 0.0421 e. The molecule has 5 rings (SSSR count). The van der Waals surface area contributed by atoms with Crippen molar-refractivity contribution < 1.29 is 0 Å². The van der Waals surface area contributed by atoms with Crippen LogP contribution in [0.4, 0.5) is 0 Å². The lowest BCUT2D eigenvalue weighted by Gasteiger charge is -2.08. The molecule has 0 aliphatic rings. The largest absolute Gasteiger partial charge is 0.143 e. The zero-order chi connectivity index (χ0) is 20.5. The van der Waals surface area contributed by atoms with E-state index in [1.54, 1.807) is 0 Å². The third kappa shape index (κ3) is 3.65. The topological polar surface area (TPSA) is 0 Å². The van der Waals surface area contributed by atoms with Crippen molar-refractivity contribution in [1.29, 1.82) is 0 Å². The van der Waals surface area contributed by atoms with Gasteiger partial charge in [-0.15, -0.1) is 22.7 Å². The molecule has 0 aliphatic carbocycles. The van der Waals surface area contributed by atoms with Gasteiger partial charge in [0.25, 0.3) is 0 Å². The second-order valence-electron chi connectivity index (χ2n) is 7.64. The van der Waals surface area contributed by atoms with Crippen LogP contribution in [0.1, 0.15) is 11.1 Å². The number of thiophene rings is 2. The van der Waals surface area contributed by atoms with Crippen LogP contribution in [0.3, 0.4) is 0 Å². The van der Waals surface area contributed by atoms with Crippen molar-refractivity contribution in [3.8, 4) is 43.1 Å². The fourth-order valence-electron chi connectivity index (χ4n) is 3.76. The maximum Gasteiger partial charge on any atom is 0.0421 e. The molecule has 0 fully saturated rings. The van der Waals surface area contributed by atoms with Gasteiger partial charge >= 0.3 is 0 Å². The van der Waals surface area contributed by atoms with E-state index in [9.17, 15) is 0 Å². The molecule has 0 saturated heterocycles. The van der Waals surface area contributed by atoms with Gasteiger partial charge in [0.1, 0.15) is 0 Å². The summed E-state index contributed by atoms with van der Waals surface area (Å²) in [5, 5.41) is 4.38. The van der Waals surface area contributed by atoms with Crippen molar-refractivity contribution in [3.63, 3.8) is 0 Å². The molecule has 3 aromatic carbocycles. The fraction of sp³-hybridized carbons (Fsp3) is 0.0714. The number of aryl methyl sites for hydroxylation is 2. The van der Waals surface area contributed by atoms with Gasteiger partial charge in [0.2, 0.25) is 0 Å². The van der Waals surface area contributed by atoms with Crippen molar-refractivity contribution in [2.45, 2.75) is 13.8 Å². The van der Waals surface area contributed by atoms with E-state index >= 15 is 0 Å². The molecule has 0 N–H and O–H groups in total. The van der Waals surface area contributed by atoms with Gasteiger partial charge < -0.3 is 0 Å². The van der Waals surface area contributed by atoms with E-state index in [2.05, 4.69) is 110 Å². The third-order valence-corrected chi connectivity index (χ3v) is 7.39. The molecule has 5 aromatic rings. The molecule has 0 aliphatic heterocycles. The Kier molecular flexibility index (Phi) is 5.12. The van der Waals surface area contributed by atoms with E-state index in [4.69, 9.17) is 0 Å². The summed E-state index contributed by atoms with van der Waals surface area (Å²) in [6.07, 6.45) is 0. The van der Waals surface area contributed by atoms with Crippen LogP contribution in [0, 0.1) is 13.8 Å². The fourth-order valence-corrected chi connectivity index (χ4v) is 5.61. The van der Waals surface area contributed by atoms with Crippen LogP contribution < -0.4 is 0 Å². The summed E-state index contributed by atoms with van der Waals surface area (Å²) in [5.41, 5.74) is 10.3. The SMILES string of the molecule is Cc1ccc(-c2ccsc2-c2ccc(-c3sccc3-c3ccc(C)cc3)cc2)cc1. The molecule has 2 heteroatoms. The molecule has 0 unspecified atom stereocenters. The Morgan fingerprint density at radius 1 is 0.400 bits per heavy atom. The average Bonchev–Trinajstić information content (AvgIpc) is 3.45. The first-order valence-corrected chi connectivity index (χ1v) is 11.8. The third-order valence-electron chi connectivity index (χ3n) is 5.46. The van der Waals surface area contributed by atoms with Crippen molar-refractivity contribution in [1.82, 2.24) is 0 Å². The molecular weight excluding hydrogens is 400 g/mol. The number of hydrogen-bond donors (Lipinski definition) is 0. The van der Waals surface area contributed by atoms with Crippen LogP contribution in [-0.4, -0.2) is 0 Å². The van der Waals surface area contributed by atoms with E-state index < -0.39 is 0 Å². The molecule has 0 nitrogen and oxygen atoms in total. The lowest BCUT2D eigenvalue weighted by Crippen LogP contribution is -1.82. The Morgan fingerprint density at radius 2 is 0.733 bits per heavy atom. The first-order chi connectivity index (χ1) is 14.7. The highest BCUT2D eigenvalue weighted by Gasteiger charge is 2.12. The summed E-state index contributed by atoms with van der Waals surface area (Å²) in [7, 11) is 0. The Labute approximate surface area is 186 Å². The predicted octanol–water partition coefficient (Wildman–Crippen LogP) is 9.09. The van der Waals surface area contributed by atoms with Gasteiger partial charge in [-0.3, -0.25) is 0 Å². The summed E-state index contributed by atoms with van der Waals surface area (Å²) < 4.78 is 0. The van der Waals surface area contributed by atoms with E-state index in [0.29, 0.717) is 0 Å². The van der Waals surface area contributed by atoms with Crippen LogP contribution in [-0.2, 0) is 0 Å². The summed E-state index contributed by atoms with van der Waals surface area (Å²) in [6.45, 7) is 4.26. The number of benzene rings is 3. The molecular formula is C28H22S2. The molecule has 0 bridgehead atoms. The van der Waals surface area contributed by atoms with Crippen LogP contribution in [0.5, 0.6) is 0 Å². The van der Waals surface area contributed by atoms with E-state index in [0.717, 1.165) is 0 Å². The maximum atomic E-state index is 2.26. The maximum absolute atomic E-state index is 2.26. The quantitative estimate of drug-likeness (QED) is 0.271. The first-order valence-electron chi connectivity index (χ1n) is 10.1. The molecule has 0 spiro atoms. The highest BCUT2D eigenvalue weighted by atomic mass is 32.1. The number of rotatable bonds is 4. The van der Waals surface area contributed by atoms with Crippen LogP contribution >= 0.6 is 22.7 Å². The van der Waals surface area contributed by atoms with E-state index in [1.807, 2.05) is 22.7 Å². The van der Waals surface area contributed by atoms with Gasteiger partial charge in [-0.25, -0.2) is 0 Å². The van der Waals surface area contributed by atoms with Gasteiger partial charge in [-0.05, 0) is 59.0 Å². The van der Waals surface area contributed by atoms with E-state index in [1.165, 1.54) is 54.3 Å². The van der Waals surface area contributed by atoms with E-state index in [-0.39, 0.29) is 0 Å². The normalized spacial score (nSPS) is 11.0. The van der Waals surface area contributed by atoms with Crippen LogP contribution in [0.25, 0.3) is 43.1 Å². The monoisotopic (exact) mass is 422 g/mol. The van der Waals surface area contributed by atoms with Gasteiger partial charge in [0, 0.05) is 20.9 Å². The summed E-state index contributed by atoms with van der Waals surface area (Å²) in [5.74, 6) is 0. The Balaban J connectivity index is 1.49. The van der Waals surface area contributed by atoms with Gasteiger partial charge in [0.05, 0.1) is 0 Å².